The van der Waals surface area contributed by atoms with Gasteiger partial charge in [0, 0.05) is 29.9 Å². The number of aromatic nitrogens is 3. The van der Waals surface area contributed by atoms with Crippen LogP contribution in [0.3, 0.4) is 0 Å². The first-order chi connectivity index (χ1) is 16.9. The molecule has 10 heteroatoms. The Morgan fingerprint density at radius 1 is 1.20 bits per heavy atom. The summed E-state index contributed by atoms with van der Waals surface area (Å²) in [7, 11) is 0. The fourth-order valence-electron chi connectivity index (χ4n) is 3.88. The predicted octanol–water partition coefficient (Wildman–Crippen LogP) is 3.11. The lowest BCUT2D eigenvalue weighted by Gasteiger charge is -2.18. The van der Waals surface area contributed by atoms with E-state index in [1.807, 2.05) is 30.7 Å². The molecule has 0 aliphatic heterocycles. The minimum atomic E-state index is -0.386. The van der Waals surface area contributed by atoms with Crippen molar-refractivity contribution in [3.05, 3.63) is 70.3 Å². The van der Waals surface area contributed by atoms with E-state index in [1.54, 1.807) is 41.1 Å². The van der Waals surface area contributed by atoms with Crippen molar-refractivity contribution in [1.82, 2.24) is 25.0 Å². The summed E-state index contributed by atoms with van der Waals surface area (Å²) in [6.07, 6.45) is 3.96. The van der Waals surface area contributed by atoms with E-state index in [-0.39, 0.29) is 31.0 Å². The van der Waals surface area contributed by atoms with Gasteiger partial charge in [0.25, 0.3) is 11.8 Å². The van der Waals surface area contributed by atoms with Gasteiger partial charge in [-0.15, -0.1) is 0 Å². The number of pyridine rings is 2. The van der Waals surface area contributed by atoms with E-state index in [0.717, 1.165) is 11.1 Å². The lowest BCUT2D eigenvalue weighted by molar-refractivity contribution is 0.0901. The number of aliphatic hydroxyl groups is 1. The number of rotatable bonds is 9. The van der Waals surface area contributed by atoms with Gasteiger partial charge in [-0.3, -0.25) is 14.0 Å². The molecular weight excluding hydrogens is 464 g/mol. The zero-order valence-electron chi connectivity index (χ0n) is 19.6. The minimum absolute atomic E-state index is 0.165. The summed E-state index contributed by atoms with van der Waals surface area (Å²) in [6, 6.07) is 8.35. The number of nitrogens with one attached hydrogen (secondary N) is 2. The molecule has 4 aromatic heterocycles. The number of imidazole rings is 1. The Balaban J connectivity index is 1.69. The number of fused-ring (bicyclic) bond motifs is 1. The standard InChI is InChI=1S/C25H28N6O3S/c1-15(2)10-18(13-32)29-25(34)22-21(17-7-9-35-14-17)30-23-19(4-3-8-31(22)23)24(33)28-12-16-5-6-20(26)27-11-16/h3-9,11,14-15,18,32H,10,12-13H2,1-2H3,(H2,26,27)(H,28,33)(H,29,34)/t18-/m0/s1. The highest BCUT2D eigenvalue weighted by molar-refractivity contribution is 7.08. The van der Waals surface area contributed by atoms with Crippen molar-refractivity contribution in [3.63, 3.8) is 0 Å². The third kappa shape index (κ3) is 5.50. The molecule has 35 heavy (non-hydrogen) atoms. The van der Waals surface area contributed by atoms with Crippen molar-refractivity contribution in [1.29, 1.82) is 0 Å². The van der Waals surface area contributed by atoms with Crippen LogP contribution >= 0.6 is 11.3 Å². The van der Waals surface area contributed by atoms with Crippen LogP contribution in [0.1, 0.15) is 46.7 Å². The van der Waals surface area contributed by atoms with Crippen LogP contribution in [0.4, 0.5) is 5.82 Å². The fourth-order valence-corrected chi connectivity index (χ4v) is 4.52. The van der Waals surface area contributed by atoms with E-state index in [4.69, 9.17) is 10.7 Å². The number of nitrogen functional groups attached to an aromatic ring is 1. The van der Waals surface area contributed by atoms with Crippen molar-refractivity contribution in [2.45, 2.75) is 32.9 Å². The highest BCUT2D eigenvalue weighted by Crippen LogP contribution is 2.28. The summed E-state index contributed by atoms with van der Waals surface area (Å²) in [4.78, 5) is 35.2. The van der Waals surface area contributed by atoms with Gasteiger partial charge in [-0.05, 0) is 47.5 Å². The zero-order valence-corrected chi connectivity index (χ0v) is 20.4. The number of anilines is 1. The summed E-state index contributed by atoms with van der Waals surface area (Å²) in [5.41, 5.74) is 8.73. The summed E-state index contributed by atoms with van der Waals surface area (Å²) in [5, 5.41) is 19.4. The Labute approximate surface area is 207 Å². The average Bonchev–Trinajstić information content (AvgIpc) is 3.50. The van der Waals surface area contributed by atoms with Crippen molar-refractivity contribution in [3.8, 4) is 11.3 Å². The zero-order chi connectivity index (χ0) is 24.9. The van der Waals surface area contributed by atoms with Gasteiger partial charge in [0.1, 0.15) is 17.2 Å². The summed E-state index contributed by atoms with van der Waals surface area (Å²) >= 11 is 1.49. The van der Waals surface area contributed by atoms with Crippen molar-refractivity contribution >= 4 is 34.6 Å². The average molecular weight is 493 g/mol. The molecule has 0 fully saturated rings. The molecule has 0 saturated carbocycles. The van der Waals surface area contributed by atoms with Crippen LogP contribution in [0.5, 0.6) is 0 Å². The van der Waals surface area contributed by atoms with Crippen molar-refractivity contribution in [2.75, 3.05) is 12.3 Å². The van der Waals surface area contributed by atoms with Gasteiger partial charge >= 0.3 is 0 Å². The van der Waals surface area contributed by atoms with E-state index < -0.39 is 0 Å². The monoisotopic (exact) mass is 492 g/mol. The van der Waals surface area contributed by atoms with E-state index in [0.29, 0.717) is 40.8 Å². The molecule has 0 radical (unpaired) electrons. The van der Waals surface area contributed by atoms with Crippen LogP contribution in [0, 0.1) is 5.92 Å². The highest BCUT2D eigenvalue weighted by atomic mass is 32.1. The molecule has 0 spiro atoms. The van der Waals surface area contributed by atoms with Crippen LogP contribution in [0.25, 0.3) is 16.9 Å². The van der Waals surface area contributed by atoms with Crippen LogP contribution in [0.15, 0.2) is 53.5 Å². The quantitative estimate of drug-likeness (QED) is 0.284. The van der Waals surface area contributed by atoms with Crippen LogP contribution in [-0.4, -0.2) is 43.9 Å². The van der Waals surface area contributed by atoms with Crippen LogP contribution in [0.2, 0.25) is 0 Å². The van der Waals surface area contributed by atoms with Crippen molar-refractivity contribution in [2.24, 2.45) is 5.92 Å². The Bertz CT molecular complexity index is 1320. The number of nitrogens with zero attached hydrogens (tertiary/aromatic N) is 3. The Morgan fingerprint density at radius 2 is 2.03 bits per heavy atom. The van der Waals surface area contributed by atoms with E-state index >= 15 is 0 Å². The Hall–Kier alpha value is -3.76. The molecule has 4 aromatic rings. The maximum absolute atomic E-state index is 13.4. The molecule has 2 amide bonds. The third-order valence-corrected chi connectivity index (χ3v) is 6.20. The number of hydrogen-bond acceptors (Lipinski definition) is 7. The molecule has 0 aliphatic rings. The number of hydrogen-bond donors (Lipinski definition) is 4. The molecule has 0 unspecified atom stereocenters. The second-order valence-electron chi connectivity index (χ2n) is 8.69. The minimum Gasteiger partial charge on any atom is -0.394 e. The molecular formula is C25H28N6O3S. The van der Waals surface area contributed by atoms with E-state index in [9.17, 15) is 14.7 Å². The number of carbonyl (C=O) groups excluding carboxylic acids is 2. The number of aliphatic hydroxyl groups excluding tert-OH is 1. The Kier molecular flexibility index (Phi) is 7.42. The van der Waals surface area contributed by atoms with Gasteiger partial charge in [-0.2, -0.15) is 11.3 Å². The van der Waals surface area contributed by atoms with E-state index in [2.05, 4.69) is 15.6 Å². The number of nitrogens with two attached hydrogens (primary N) is 1. The van der Waals surface area contributed by atoms with Crippen LogP contribution < -0.4 is 16.4 Å². The first-order valence-electron chi connectivity index (χ1n) is 11.3. The summed E-state index contributed by atoms with van der Waals surface area (Å²) in [5.74, 6) is 0.0292. The SMILES string of the molecule is CC(C)C[C@@H](CO)NC(=O)c1c(-c2ccsc2)nc2c(C(=O)NCc3ccc(N)nc3)cccn12. The fraction of sp³-hybridized carbons (Fsp3) is 0.280. The molecule has 0 bridgehead atoms. The molecule has 182 valence electrons. The smallest absolute Gasteiger partial charge is 0.270 e. The Morgan fingerprint density at radius 3 is 2.69 bits per heavy atom. The molecule has 4 rings (SSSR count). The summed E-state index contributed by atoms with van der Waals surface area (Å²) < 4.78 is 1.63. The molecule has 4 heterocycles. The second kappa shape index (κ2) is 10.7. The molecule has 0 saturated heterocycles. The van der Waals surface area contributed by atoms with Gasteiger partial charge < -0.3 is 21.5 Å². The first-order valence-corrected chi connectivity index (χ1v) is 12.3. The number of carbonyl (C=O) groups is 2. The van der Waals surface area contributed by atoms with Crippen molar-refractivity contribution < 1.29 is 14.7 Å². The van der Waals surface area contributed by atoms with Gasteiger partial charge in [0.15, 0.2) is 5.65 Å². The molecule has 5 N–H and O–H groups in total. The molecule has 0 aliphatic carbocycles. The number of thiophene rings is 1. The molecule has 1 atom stereocenters. The molecule has 9 nitrogen and oxygen atoms in total. The van der Waals surface area contributed by atoms with Crippen LogP contribution in [-0.2, 0) is 6.54 Å². The second-order valence-corrected chi connectivity index (χ2v) is 9.47. The maximum atomic E-state index is 13.4. The van der Waals surface area contributed by atoms with Gasteiger partial charge in [-0.1, -0.05) is 19.9 Å². The largest absolute Gasteiger partial charge is 0.394 e. The third-order valence-electron chi connectivity index (χ3n) is 5.52. The van der Waals surface area contributed by atoms with Gasteiger partial charge in [-0.25, -0.2) is 9.97 Å². The predicted molar refractivity (Wildman–Crippen MR) is 136 cm³/mol. The highest BCUT2D eigenvalue weighted by Gasteiger charge is 2.25. The first kappa shape index (κ1) is 24.4. The topological polar surface area (TPSA) is 135 Å². The van der Waals surface area contributed by atoms with Gasteiger partial charge in [0.05, 0.1) is 18.2 Å². The van der Waals surface area contributed by atoms with Gasteiger partial charge in [0.2, 0.25) is 0 Å². The lowest BCUT2D eigenvalue weighted by Crippen LogP contribution is -2.39. The normalized spacial score (nSPS) is 12.1. The van der Waals surface area contributed by atoms with E-state index in [1.165, 1.54) is 11.3 Å². The lowest BCUT2D eigenvalue weighted by atomic mass is 10.0. The summed E-state index contributed by atoms with van der Waals surface area (Å²) in [6.45, 7) is 4.17. The maximum Gasteiger partial charge on any atom is 0.270 e. The number of amides is 2. The molecule has 0 aromatic carbocycles.